The molecule has 4 aromatic rings. The number of rotatable bonds is 6. The van der Waals surface area contributed by atoms with E-state index in [2.05, 4.69) is 37.2 Å². The van der Waals surface area contributed by atoms with E-state index in [1.807, 2.05) is 0 Å². The first-order valence-corrected chi connectivity index (χ1v) is 9.70. The van der Waals surface area contributed by atoms with E-state index >= 15 is 0 Å². The molecule has 1 aromatic carbocycles. The number of hydrogen-bond acceptors (Lipinski definition) is 9. The third-order valence-electron chi connectivity index (χ3n) is 5.18. The SMILES string of the molecule is CC1(c2nc3nnc(C(N)=CC(=NCc4ccccc4F)c4ccon4)nc3o2)CC1. The number of nitrogens with zero attached hydrogens (tertiary/aromatic N) is 6. The van der Waals surface area contributed by atoms with Gasteiger partial charge in [0.2, 0.25) is 17.4 Å². The highest BCUT2D eigenvalue weighted by atomic mass is 19.1. The van der Waals surface area contributed by atoms with Crippen molar-refractivity contribution in [3.05, 3.63) is 71.5 Å². The van der Waals surface area contributed by atoms with Crippen molar-refractivity contribution >= 4 is 22.8 Å². The highest BCUT2D eigenvalue weighted by Gasteiger charge is 2.44. The molecule has 0 amide bonds. The molecular formula is C21H18FN7O2. The Kier molecular flexibility index (Phi) is 4.54. The lowest BCUT2D eigenvalue weighted by Crippen LogP contribution is -2.08. The van der Waals surface area contributed by atoms with Gasteiger partial charge in [0.25, 0.3) is 5.71 Å². The molecule has 1 saturated carbocycles. The molecule has 10 heteroatoms. The third kappa shape index (κ3) is 3.79. The Hall–Kier alpha value is -3.95. The lowest BCUT2D eigenvalue weighted by atomic mass is 10.1. The van der Waals surface area contributed by atoms with Gasteiger partial charge < -0.3 is 14.7 Å². The summed E-state index contributed by atoms with van der Waals surface area (Å²) in [5.74, 6) is 0.433. The molecule has 156 valence electrons. The van der Waals surface area contributed by atoms with Gasteiger partial charge in [-0.3, -0.25) is 4.99 Å². The van der Waals surface area contributed by atoms with Crippen LogP contribution in [0.1, 0.15) is 42.7 Å². The van der Waals surface area contributed by atoms with E-state index in [4.69, 9.17) is 14.7 Å². The van der Waals surface area contributed by atoms with Crippen molar-refractivity contribution in [2.45, 2.75) is 31.7 Å². The summed E-state index contributed by atoms with van der Waals surface area (Å²) in [5.41, 5.74) is 8.25. The molecule has 2 N–H and O–H groups in total. The quantitative estimate of drug-likeness (QED) is 0.472. The molecular weight excluding hydrogens is 401 g/mol. The Morgan fingerprint density at radius 1 is 1.23 bits per heavy atom. The van der Waals surface area contributed by atoms with Gasteiger partial charge in [-0.05, 0) is 25.0 Å². The van der Waals surface area contributed by atoms with E-state index in [-0.39, 0.29) is 35.0 Å². The molecule has 0 spiro atoms. The molecule has 0 radical (unpaired) electrons. The number of aliphatic imine (C=N–C) groups is 1. The summed E-state index contributed by atoms with van der Waals surface area (Å²) in [6.07, 6.45) is 4.99. The van der Waals surface area contributed by atoms with Crippen LogP contribution in [0.25, 0.3) is 17.1 Å². The van der Waals surface area contributed by atoms with Gasteiger partial charge in [-0.25, -0.2) is 4.39 Å². The second kappa shape index (κ2) is 7.38. The monoisotopic (exact) mass is 419 g/mol. The van der Waals surface area contributed by atoms with Crippen LogP contribution < -0.4 is 5.73 Å². The Morgan fingerprint density at radius 2 is 2.06 bits per heavy atom. The molecule has 0 bridgehead atoms. The number of nitrogens with two attached hydrogens (primary N) is 1. The van der Waals surface area contributed by atoms with Crippen LogP contribution in [0.5, 0.6) is 0 Å². The standard InChI is InChI=1S/C21H18FN7O2/c1-21(7-8-21)20-26-18-19(31-20)25-17(27-28-18)14(23)10-16(15-6-9-30-29-15)24-11-12-4-2-3-5-13(12)22/h2-6,9-10H,7-8,11,23H2,1H3. The van der Waals surface area contributed by atoms with Gasteiger partial charge in [-0.2, -0.15) is 9.97 Å². The van der Waals surface area contributed by atoms with Gasteiger partial charge in [0, 0.05) is 17.0 Å². The molecule has 5 rings (SSSR count). The Labute approximate surface area is 175 Å². The smallest absolute Gasteiger partial charge is 0.270 e. The Bertz CT molecular complexity index is 1310. The first-order chi connectivity index (χ1) is 15.0. The first-order valence-electron chi connectivity index (χ1n) is 9.70. The molecule has 31 heavy (non-hydrogen) atoms. The minimum atomic E-state index is -0.342. The fraction of sp³-hybridized carbons (Fsp3) is 0.238. The Morgan fingerprint density at radius 3 is 2.81 bits per heavy atom. The van der Waals surface area contributed by atoms with Crippen LogP contribution >= 0.6 is 0 Å². The molecule has 0 aliphatic heterocycles. The van der Waals surface area contributed by atoms with E-state index in [0.29, 0.717) is 28.5 Å². The van der Waals surface area contributed by atoms with Crippen LogP contribution in [0.15, 0.2) is 56.6 Å². The maximum atomic E-state index is 14.0. The number of halogens is 1. The fourth-order valence-electron chi connectivity index (χ4n) is 2.99. The second-order valence-electron chi connectivity index (χ2n) is 7.62. The van der Waals surface area contributed by atoms with E-state index in [1.165, 1.54) is 12.3 Å². The largest absolute Gasteiger partial charge is 0.420 e. The highest BCUT2D eigenvalue weighted by Crippen LogP contribution is 2.47. The van der Waals surface area contributed by atoms with Gasteiger partial charge >= 0.3 is 0 Å². The summed E-state index contributed by atoms with van der Waals surface area (Å²) in [7, 11) is 0. The molecule has 0 saturated heterocycles. The number of benzene rings is 1. The van der Waals surface area contributed by atoms with Gasteiger partial charge in [0.15, 0.2) is 0 Å². The molecule has 1 aliphatic carbocycles. The average molecular weight is 419 g/mol. The molecule has 9 nitrogen and oxygen atoms in total. The van der Waals surface area contributed by atoms with Crippen molar-refractivity contribution in [2.75, 3.05) is 0 Å². The van der Waals surface area contributed by atoms with Crippen molar-refractivity contribution in [1.82, 2.24) is 25.3 Å². The summed E-state index contributed by atoms with van der Waals surface area (Å²) >= 11 is 0. The van der Waals surface area contributed by atoms with Crippen LogP contribution in [-0.4, -0.2) is 31.0 Å². The van der Waals surface area contributed by atoms with Crippen molar-refractivity contribution < 1.29 is 13.3 Å². The van der Waals surface area contributed by atoms with Crippen molar-refractivity contribution in [3.63, 3.8) is 0 Å². The van der Waals surface area contributed by atoms with Gasteiger partial charge in [-0.15, -0.1) is 10.2 Å². The zero-order valence-electron chi connectivity index (χ0n) is 16.6. The van der Waals surface area contributed by atoms with Crippen molar-refractivity contribution in [3.8, 4) is 0 Å². The summed E-state index contributed by atoms with van der Waals surface area (Å²) in [6, 6.07) is 8.04. The summed E-state index contributed by atoms with van der Waals surface area (Å²) in [6.45, 7) is 2.18. The van der Waals surface area contributed by atoms with Crippen molar-refractivity contribution in [1.29, 1.82) is 0 Å². The normalized spacial score (nSPS) is 16.1. The van der Waals surface area contributed by atoms with Crippen molar-refractivity contribution in [2.24, 2.45) is 10.7 Å². The number of fused-ring (bicyclic) bond motifs is 1. The second-order valence-corrected chi connectivity index (χ2v) is 7.62. The number of oxazole rings is 1. The number of hydrogen-bond donors (Lipinski definition) is 1. The van der Waals surface area contributed by atoms with E-state index in [0.717, 1.165) is 12.8 Å². The Balaban J connectivity index is 1.47. The van der Waals surface area contributed by atoms with Gasteiger partial charge in [0.1, 0.15) is 17.8 Å². The number of aromatic nitrogens is 5. The first kappa shape index (κ1) is 19.0. The predicted molar refractivity (Wildman–Crippen MR) is 109 cm³/mol. The molecule has 3 aromatic heterocycles. The van der Waals surface area contributed by atoms with Gasteiger partial charge in [0.05, 0.1) is 18.0 Å². The predicted octanol–water partition coefficient (Wildman–Crippen LogP) is 3.18. The maximum absolute atomic E-state index is 14.0. The molecule has 0 atom stereocenters. The average Bonchev–Trinajstić information content (AvgIpc) is 3.18. The molecule has 0 unspecified atom stereocenters. The summed E-state index contributed by atoms with van der Waals surface area (Å²) < 4.78 is 24.7. The topological polar surface area (TPSA) is 129 Å². The fourth-order valence-corrected chi connectivity index (χ4v) is 2.99. The van der Waals surface area contributed by atoms with Crippen LogP contribution in [-0.2, 0) is 12.0 Å². The summed E-state index contributed by atoms with van der Waals surface area (Å²) in [4.78, 5) is 13.2. The number of allylic oxidation sites excluding steroid dienone is 1. The van der Waals surface area contributed by atoms with E-state index in [9.17, 15) is 4.39 Å². The van der Waals surface area contributed by atoms with Crippen LogP contribution in [0.2, 0.25) is 0 Å². The minimum Gasteiger partial charge on any atom is -0.420 e. The van der Waals surface area contributed by atoms with Gasteiger partial charge in [-0.1, -0.05) is 30.3 Å². The zero-order chi connectivity index (χ0) is 21.4. The minimum absolute atomic E-state index is 0.0522. The molecule has 1 aliphatic rings. The van der Waals surface area contributed by atoms with E-state index < -0.39 is 0 Å². The molecule has 3 heterocycles. The zero-order valence-corrected chi connectivity index (χ0v) is 16.6. The van der Waals surface area contributed by atoms with E-state index in [1.54, 1.807) is 30.3 Å². The van der Waals surface area contributed by atoms with Crippen LogP contribution in [0.4, 0.5) is 4.39 Å². The lowest BCUT2D eigenvalue weighted by Gasteiger charge is -2.03. The lowest BCUT2D eigenvalue weighted by molar-refractivity contribution is 0.418. The highest BCUT2D eigenvalue weighted by molar-refractivity contribution is 6.10. The third-order valence-corrected chi connectivity index (χ3v) is 5.18. The maximum Gasteiger partial charge on any atom is 0.270 e. The van der Waals surface area contributed by atoms with Crippen LogP contribution in [0, 0.1) is 5.82 Å². The summed E-state index contributed by atoms with van der Waals surface area (Å²) in [5, 5.41) is 12.0. The van der Waals surface area contributed by atoms with Crippen LogP contribution in [0.3, 0.4) is 0 Å². The molecule has 1 fully saturated rings.